The van der Waals surface area contributed by atoms with Crippen LogP contribution in [0.4, 0.5) is 4.79 Å². The third-order valence-electron chi connectivity index (χ3n) is 3.32. The number of rotatable bonds is 4. The SMILES string of the molecule is COCCCNC(=O)N1CCN(C(C)(C)C)CC1. The normalized spacial score (nSPS) is 17.9. The zero-order chi connectivity index (χ0) is 13.6. The summed E-state index contributed by atoms with van der Waals surface area (Å²) < 4.78 is 4.95. The standard InChI is InChI=1S/C13H27N3O2/c1-13(2,3)16-9-7-15(8-10-16)12(17)14-6-5-11-18-4/h5-11H2,1-4H3,(H,14,17). The first-order chi connectivity index (χ1) is 8.45. The van der Waals surface area contributed by atoms with E-state index in [9.17, 15) is 4.79 Å². The number of methoxy groups -OCH3 is 1. The van der Waals surface area contributed by atoms with Gasteiger partial charge < -0.3 is 15.0 Å². The number of carbonyl (C=O) groups is 1. The van der Waals surface area contributed by atoms with E-state index < -0.39 is 0 Å². The highest BCUT2D eigenvalue weighted by Crippen LogP contribution is 2.15. The van der Waals surface area contributed by atoms with Gasteiger partial charge in [-0.05, 0) is 27.2 Å². The molecule has 1 rings (SSSR count). The van der Waals surface area contributed by atoms with Crippen LogP contribution in [0.5, 0.6) is 0 Å². The Morgan fingerprint density at radius 1 is 1.22 bits per heavy atom. The summed E-state index contributed by atoms with van der Waals surface area (Å²) >= 11 is 0. The Kier molecular flexibility index (Phi) is 5.88. The van der Waals surface area contributed by atoms with E-state index in [1.54, 1.807) is 7.11 Å². The van der Waals surface area contributed by atoms with Gasteiger partial charge >= 0.3 is 6.03 Å². The number of carbonyl (C=O) groups excluding carboxylic acids is 1. The van der Waals surface area contributed by atoms with Crippen molar-refractivity contribution in [3.8, 4) is 0 Å². The smallest absolute Gasteiger partial charge is 0.317 e. The van der Waals surface area contributed by atoms with E-state index in [-0.39, 0.29) is 11.6 Å². The maximum absolute atomic E-state index is 11.9. The third kappa shape index (κ3) is 4.82. The van der Waals surface area contributed by atoms with Gasteiger partial charge in [-0.1, -0.05) is 0 Å². The van der Waals surface area contributed by atoms with Crippen molar-refractivity contribution in [1.82, 2.24) is 15.1 Å². The van der Waals surface area contributed by atoms with Crippen molar-refractivity contribution in [1.29, 1.82) is 0 Å². The van der Waals surface area contributed by atoms with Gasteiger partial charge in [0.25, 0.3) is 0 Å². The minimum absolute atomic E-state index is 0.0552. The molecule has 106 valence electrons. The Bertz CT molecular complexity index is 255. The molecule has 0 aromatic heterocycles. The molecule has 1 aliphatic heterocycles. The highest BCUT2D eigenvalue weighted by atomic mass is 16.5. The lowest BCUT2D eigenvalue weighted by Gasteiger charge is -2.42. The van der Waals surface area contributed by atoms with Crippen molar-refractivity contribution in [2.75, 3.05) is 46.4 Å². The van der Waals surface area contributed by atoms with Crippen LogP contribution >= 0.6 is 0 Å². The van der Waals surface area contributed by atoms with Crippen molar-refractivity contribution >= 4 is 6.03 Å². The fraction of sp³-hybridized carbons (Fsp3) is 0.923. The summed E-state index contributed by atoms with van der Waals surface area (Å²) in [7, 11) is 1.67. The number of amides is 2. The van der Waals surface area contributed by atoms with E-state index in [0.717, 1.165) is 32.6 Å². The summed E-state index contributed by atoms with van der Waals surface area (Å²) in [6, 6.07) is 0.0552. The molecule has 0 aromatic rings. The number of hydrogen-bond acceptors (Lipinski definition) is 3. The number of urea groups is 1. The van der Waals surface area contributed by atoms with E-state index in [1.165, 1.54) is 0 Å². The number of nitrogens with one attached hydrogen (secondary N) is 1. The molecule has 0 aromatic carbocycles. The fourth-order valence-electron chi connectivity index (χ4n) is 2.10. The van der Waals surface area contributed by atoms with Crippen molar-refractivity contribution < 1.29 is 9.53 Å². The Labute approximate surface area is 110 Å². The lowest BCUT2D eigenvalue weighted by atomic mass is 10.1. The summed E-state index contributed by atoms with van der Waals surface area (Å²) in [5.41, 5.74) is 0.195. The van der Waals surface area contributed by atoms with Gasteiger partial charge in [0, 0.05) is 52.0 Å². The largest absolute Gasteiger partial charge is 0.385 e. The molecule has 18 heavy (non-hydrogen) atoms. The second kappa shape index (κ2) is 6.95. The van der Waals surface area contributed by atoms with Crippen LogP contribution in [0.25, 0.3) is 0 Å². The first-order valence-electron chi connectivity index (χ1n) is 6.72. The topological polar surface area (TPSA) is 44.8 Å². The van der Waals surface area contributed by atoms with E-state index in [1.807, 2.05) is 4.90 Å². The number of nitrogens with zero attached hydrogens (tertiary/aromatic N) is 2. The third-order valence-corrected chi connectivity index (χ3v) is 3.32. The van der Waals surface area contributed by atoms with Gasteiger partial charge in [0.05, 0.1) is 0 Å². The predicted molar refractivity (Wildman–Crippen MR) is 72.8 cm³/mol. The van der Waals surface area contributed by atoms with E-state index >= 15 is 0 Å². The molecule has 0 atom stereocenters. The molecule has 0 saturated carbocycles. The van der Waals surface area contributed by atoms with Gasteiger partial charge in [0.1, 0.15) is 0 Å². The van der Waals surface area contributed by atoms with Gasteiger partial charge in [-0.2, -0.15) is 0 Å². The lowest BCUT2D eigenvalue weighted by molar-refractivity contribution is 0.0742. The monoisotopic (exact) mass is 257 g/mol. The zero-order valence-corrected chi connectivity index (χ0v) is 12.2. The van der Waals surface area contributed by atoms with Gasteiger partial charge in [0.2, 0.25) is 0 Å². The molecule has 1 saturated heterocycles. The number of hydrogen-bond donors (Lipinski definition) is 1. The Morgan fingerprint density at radius 2 is 1.83 bits per heavy atom. The molecular formula is C13H27N3O2. The van der Waals surface area contributed by atoms with Crippen molar-refractivity contribution in [3.63, 3.8) is 0 Å². The maximum Gasteiger partial charge on any atom is 0.317 e. The van der Waals surface area contributed by atoms with Crippen molar-refractivity contribution in [2.45, 2.75) is 32.7 Å². The van der Waals surface area contributed by atoms with Crippen molar-refractivity contribution in [3.05, 3.63) is 0 Å². The molecule has 5 nitrogen and oxygen atoms in total. The summed E-state index contributed by atoms with van der Waals surface area (Å²) in [4.78, 5) is 16.2. The van der Waals surface area contributed by atoms with Crippen LogP contribution < -0.4 is 5.32 Å². The molecule has 2 amide bonds. The van der Waals surface area contributed by atoms with Crippen LogP contribution in [0.3, 0.4) is 0 Å². The highest BCUT2D eigenvalue weighted by Gasteiger charge is 2.27. The minimum atomic E-state index is 0.0552. The second-order valence-corrected chi connectivity index (χ2v) is 5.72. The van der Waals surface area contributed by atoms with E-state index in [2.05, 4.69) is 31.0 Å². The van der Waals surface area contributed by atoms with Gasteiger partial charge in [-0.3, -0.25) is 4.90 Å². The van der Waals surface area contributed by atoms with E-state index in [0.29, 0.717) is 13.2 Å². The zero-order valence-electron chi connectivity index (χ0n) is 12.2. The Morgan fingerprint density at radius 3 is 2.33 bits per heavy atom. The Balaban J connectivity index is 2.23. The van der Waals surface area contributed by atoms with Gasteiger partial charge in [0.15, 0.2) is 0 Å². The number of ether oxygens (including phenoxy) is 1. The summed E-state index contributed by atoms with van der Waals surface area (Å²) in [6.07, 6.45) is 0.865. The van der Waals surface area contributed by atoms with Crippen LogP contribution in [-0.4, -0.2) is 67.8 Å². The predicted octanol–water partition coefficient (Wildman–Crippen LogP) is 1.15. The Hall–Kier alpha value is -0.810. The fourth-order valence-corrected chi connectivity index (χ4v) is 2.10. The lowest BCUT2D eigenvalue weighted by Crippen LogP contribution is -2.56. The van der Waals surface area contributed by atoms with Gasteiger partial charge in [-0.25, -0.2) is 4.79 Å². The average Bonchev–Trinajstić information content (AvgIpc) is 2.33. The van der Waals surface area contributed by atoms with Gasteiger partial charge in [-0.15, -0.1) is 0 Å². The summed E-state index contributed by atoms with van der Waals surface area (Å²) in [5, 5.41) is 2.93. The molecular weight excluding hydrogens is 230 g/mol. The summed E-state index contributed by atoms with van der Waals surface area (Å²) in [5.74, 6) is 0. The van der Waals surface area contributed by atoms with Crippen LogP contribution in [0.1, 0.15) is 27.2 Å². The molecule has 1 fully saturated rings. The molecule has 5 heteroatoms. The van der Waals surface area contributed by atoms with E-state index in [4.69, 9.17) is 4.74 Å². The minimum Gasteiger partial charge on any atom is -0.385 e. The molecule has 1 N–H and O–H groups in total. The number of piperazine rings is 1. The highest BCUT2D eigenvalue weighted by molar-refractivity contribution is 5.74. The molecule has 1 heterocycles. The molecule has 0 radical (unpaired) electrons. The molecule has 0 spiro atoms. The maximum atomic E-state index is 11.9. The van der Waals surface area contributed by atoms with Crippen LogP contribution in [-0.2, 0) is 4.74 Å². The van der Waals surface area contributed by atoms with Crippen LogP contribution in [0.15, 0.2) is 0 Å². The quantitative estimate of drug-likeness (QED) is 0.768. The molecule has 0 bridgehead atoms. The first-order valence-corrected chi connectivity index (χ1v) is 6.72. The molecule has 0 aliphatic carbocycles. The first kappa shape index (κ1) is 15.2. The summed E-state index contributed by atoms with van der Waals surface area (Å²) in [6.45, 7) is 11.6. The second-order valence-electron chi connectivity index (χ2n) is 5.72. The molecule has 0 unspecified atom stereocenters. The van der Waals surface area contributed by atoms with Crippen LogP contribution in [0.2, 0.25) is 0 Å². The molecule has 1 aliphatic rings. The average molecular weight is 257 g/mol. The van der Waals surface area contributed by atoms with Crippen LogP contribution in [0, 0.1) is 0 Å². The van der Waals surface area contributed by atoms with Crippen molar-refractivity contribution in [2.24, 2.45) is 0 Å².